The van der Waals surface area contributed by atoms with Gasteiger partial charge in [-0.3, -0.25) is 4.79 Å². The Kier molecular flexibility index (Phi) is 13.6. The minimum absolute atomic E-state index is 0.0274. The number of rotatable bonds is 10. The minimum atomic E-state index is -1.75. The zero-order valence-corrected chi connectivity index (χ0v) is 33.0. The van der Waals surface area contributed by atoms with Crippen LogP contribution >= 0.6 is 0 Å². The number of cyclic esters (lactones) is 1. The van der Waals surface area contributed by atoms with Gasteiger partial charge in [-0.1, -0.05) is 34.1 Å². The average Bonchev–Trinajstić information content (AvgIpc) is 3.34. The molecule has 4 aliphatic rings. The first-order valence-corrected chi connectivity index (χ1v) is 19.0. The molecule has 4 heterocycles. The minimum Gasteiger partial charge on any atom is -0.459 e. The molecular formula is C38H69NO11. The van der Waals surface area contributed by atoms with Crippen LogP contribution in [-0.2, 0) is 38.0 Å². The highest BCUT2D eigenvalue weighted by molar-refractivity contribution is 5.73. The van der Waals surface area contributed by atoms with Gasteiger partial charge >= 0.3 is 5.97 Å². The SMILES string of the molecule is CCC[C@@H](O)[C@@](C)(O)[C@@H]1OC(=O)[C@H](C)[C@@H](OC2CC(C)(OC)CC(C)O2)[C@H](C)[C@@H](OC2OC(C)CC(N(C)C)C2O)C2(C)C[C@@H](C)[C@@H](O2)[C@@H]1C. The second-order valence-electron chi connectivity index (χ2n) is 17.1. The number of carbonyl (C=O) groups excluding carboxylic acids is 1. The number of ether oxygens (including phenoxy) is 7. The van der Waals surface area contributed by atoms with E-state index in [1.54, 1.807) is 21.0 Å². The van der Waals surface area contributed by atoms with Gasteiger partial charge in [-0.05, 0) is 80.8 Å². The van der Waals surface area contributed by atoms with Crippen molar-refractivity contribution in [2.75, 3.05) is 21.2 Å². The molecule has 4 saturated heterocycles. The quantitative estimate of drug-likeness (QED) is 0.281. The van der Waals surface area contributed by atoms with Gasteiger partial charge in [0.05, 0.1) is 53.7 Å². The molecule has 4 aliphatic heterocycles. The van der Waals surface area contributed by atoms with Crippen LogP contribution in [-0.4, -0.2) is 132 Å². The van der Waals surface area contributed by atoms with E-state index >= 15 is 0 Å². The number of likely N-dealkylation sites (N-methyl/N-ethyl adjacent to an activating group) is 1. The molecule has 4 rings (SSSR count). The number of hydrogen-bond donors (Lipinski definition) is 3. The van der Waals surface area contributed by atoms with Crippen molar-refractivity contribution in [1.29, 1.82) is 0 Å². The topological polar surface area (TPSA) is 146 Å². The van der Waals surface area contributed by atoms with Crippen LogP contribution in [0.1, 0.15) is 108 Å². The second-order valence-corrected chi connectivity index (χ2v) is 17.1. The van der Waals surface area contributed by atoms with Crippen LogP contribution < -0.4 is 0 Å². The number of hydrogen-bond acceptors (Lipinski definition) is 12. The third-order valence-electron chi connectivity index (χ3n) is 12.3. The Labute approximate surface area is 300 Å². The van der Waals surface area contributed by atoms with Gasteiger partial charge in [0.25, 0.3) is 0 Å². The summed E-state index contributed by atoms with van der Waals surface area (Å²) in [6, 6.07) is -0.187. The molecule has 0 aromatic carbocycles. The number of aliphatic hydroxyl groups is 3. The molecule has 0 radical (unpaired) electrons. The van der Waals surface area contributed by atoms with Gasteiger partial charge in [0.1, 0.15) is 17.8 Å². The summed E-state index contributed by atoms with van der Waals surface area (Å²) in [7, 11) is 5.56. The fourth-order valence-electron chi connectivity index (χ4n) is 9.41. The first kappa shape index (κ1) is 41.8. The van der Waals surface area contributed by atoms with Crippen LogP contribution in [0.3, 0.4) is 0 Å². The molecule has 8 unspecified atom stereocenters. The zero-order chi connectivity index (χ0) is 37.5. The van der Waals surface area contributed by atoms with E-state index in [9.17, 15) is 20.1 Å². The molecule has 0 saturated carbocycles. The van der Waals surface area contributed by atoms with Crippen molar-refractivity contribution >= 4 is 5.97 Å². The number of aliphatic hydroxyl groups excluding tert-OH is 2. The molecule has 12 heteroatoms. The van der Waals surface area contributed by atoms with Crippen molar-refractivity contribution in [2.45, 2.75) is 192 Å². The maximum atomic E-state index is 14.3. The highest BCUT2D eigenvalue weighted by Gasteiger charge is 2.58. The normalized spacial score (nSPS) is 48.1. The smallest absolute Gasteiger partial charge is 0.311 e. The molecule has 18 atom stereocenters. The first-order chi connectivity index (χ1) is 23.2. The van der Waals surface area contributed by atoms with Crippen LogP contribution in [0.4, 0.5) is 0 Å². The van der Waals surface area contributed by atoms with Crippen molar-refractivity contribution in [1.82, 2.24) is 4.90 Å². The Morgan fingerprint density at radius 1 is 1.00 bits per heavy atom. The summed E-state index contributed by atoms with van der Waals surface area (Å²) < 4.78 is 45.6. The molecule has 3 N–H and O–H groups in total. The molecule has 4 fully saturated rings. The fourth-order valence-corrected chi connectivity index (χ4v) is 9.41. The van der Waals surface area contributed by atoms with Gasteiger partial charge in [0.15, 0.2) is 12.6 Å². The molecular weight excluding hydrogens is 646 g/mol. The molecule has 12 nitrogen and oxygen atoms in total. The van der Waals surface area contributed by atoms with Gasteiger partial charge in [0.2, 0.25) is 0 Å². The summed E-state index contributed by atoms with van der Waals surface area (Å²) >= 11 is 0. The van der Waals surface area contributed by atoms with Gasteiger partial charge in [-0.15, -0.1) is 0 Å². The number of nitrogens with zero attached hydrogens (tertiary/aromatic N) is 1. The van der Waals surface area contributed by atoms with Crippen molar-refractivity contribution in [3.05, 3.63) is 0 Å². The average molecular weight is 716 g/mol. The standard InChI is InChI=1S/C38H69NO11/c1-14-15-27(40)38(10,43)33-23(5)30-20(2)17-37(9,50-30)32(49-35-29(41)26(39(11)12)16-21(3)46-35)24(6)31(25(7)34(42)48-33)47-28-19-36(8,44-13)18-22(4)45-28/h20-33,35,40-41,43H,14-19H2,1-13H3/t20-,21?,22?,23+,24+,25-,26?,27-,28?,29?,30-,31+,32-,33-,35?,36?,37?,38-/m1/s1. The van der Waals surface area contributed by atoms with Crippen LogP contribution in [0, 0.1) is 23.7 Å². The zero-order valence-electron chi connectivity index (χ0n) is 33.0. The summed E-state index contributed by atoms with van der Waals surface area (Å²) in [5, 5.41) is 34.7. The predicted octanol–water partition coefficient (Wildman–Crippen LogP) is 4.04. The lowest BCUT2D eigenvalue weighted by Gasteiger charge is -2.48. The number of carbonyl (C=O) groups is 1. The molecule has 50 heavy (non-hydrogen) atoms. The monoisotopic (exact) mass is 715 g/mol. The lowest BCUT2D eigenvalue weighted by atomic mass is 9.75. The van der Waals surface area contributed by atoms with Gasteiger partial charge in [-0.25, -0.2) is 0 Å². The third-order valence-corrected chi connectivity index (χ3v) is 12.3. The number of fused-ring (bicyclic) bond motifs is 2. The highest BCUT2D eigenvalue weighted by Crippen LogP contribution is 2.48. The van der Waals surface area contributed by atoms with E-state index in [4.69, 9.17) is 33.2 Å². The van der Waals surface area contributed by atoms with Crippen molar-refractivity contribution in [2.24, 2.45) is 23.7 Å². The van der Waals surface area contributed by atoms with E-state index in [0.717, 1.165) is 0 Å². The summed E-state index contributed by atoms with van der Waals surface area (Å²) in [5.74, 6) is -2.42. The van der Waals surface area contributed by atoms with Gasteiger partial charge < -0.3 is 53.4 Å². The number of methoxy groups -OCH3 is 1. The predicted molar refractivity (Wildman–Crippen MR) is 187 cm³/mol. The molecule has 292 valence electrons. The largest absolute Gasteiger partial charge is 0.459 e. The maximum Gasteiger partial charge on any atom is 0.311 e. The lowest BCUT2D eigenvalue weighted by molar-refractivity contribution is -0.311. The van der Waals surface area contributed by atoms with E-state index in [1.165, 1.54) is 0 Å². The van der Waals surface area contributed by atoms with E-state index in [2.05, 4.69) is 6.92 Å². The van der Waals surface area contributed by atoms with Crippen LogP contribution in [0.15, 0.2) is 0 Å². The van der Waals surface area contributed by atoms with Crippen molar-refractivity contribution in [3.8, 4) is 0 Å². The molecule has 0 aliphatic carbocycles. The maximum absolute atomic E-state index is 14.3. The summed E-state index contributed by atoms with van der Waals surface area (Å²) in [5.41, 5.74) is -3.16. The van der Waals surface area contributed by atoms with Crippen LogP contribution in [0.25, 0.3) is 0 Å². The first-order valence-electron chi connectivity index (χ1n) is 19.0. The van der Waals surface area contributed by atoms with Gasteiger partial charge in [0, 0.05) is 37.8 Å². The Balaban J connectivity index is 1.82. The molecule has 0 spiro atoms. The third kappa shape index (κ3) is 8.71. The fraction of sp³-hybridized carbons (Fsp3) is 0.974. The lowest BCUT2D eigenvalue weighted by Crippen LogP contribution is -2.59. The molecule has 0 amide bonds. The second kappa shape index (κ2) is 16.2. The van der Waals surface area contributed by atoms with Crippen LogP contribution in [0.5, 0.6) is 0 Å². The van der Waals surface area contributed by atoms with Crippen molar-refractivity contribution < 1.29 is 53.3 Å². The van der Waals surface area contributed by atoms with Crippen LogP contribution in [0.2, 0.25) is 0 Å². The Bertz CT molecular complexity index is 1120. The summed E-state index contributed by atoms with van der Waals surface area (Å²) in [6.07, 6.45) is -3.70. The Morgan fingerprint density at radius 2 is 1.66 bits per heavy atom. The summed E-state index contributed by atoms with van der Waals surface area (Å²) in [6.45, 7) is 19.2. The molecule has 0 aromatic heterocycles. The van der Waals surface area contributed by atoms with Crippen molar-refractivity contribution in [3.63, 3.8) is 0 Å². The Hall–Kier alpha value is -0.930. The van der Waals surface area contributed by atoms with E-state index in [-0.39, 0.29) is 24.2 Å². The number of esters is 1. The highest BCUT2D eigenvalue weighted by atomic mass is 16.7. The van der Waals surface area contributed by atoms with E-state index in [1.807, 2.05) is 67.5 Å². The van der Waals surface area contributed by atoms with Gasteiger partial charge in [-0.2, -0.15) is 0 Å². The Morgan fingerprint density at radius 3 is 2.26 bits per heavy atom. The summed E-state index contributed by atoms with van der Waals surface area (Å²) in [4.78, 5) is 16.3. The van der Waals surface area contributed by atoms with E-state index in [0.29, 0.717) is 38.5 Å². The molecule has 0 aromatic rings. The molecule has 2 bridgehead atoms. The van der Waals surface area contributed by atoms with E-state index < -0.39 is 89.7 Å².